The number of halogens is 2. The van der Waals surface area contributed by atoms with E-state index >= 15 is 0 Å². The third-order valence-electron chi connectivity index (χ3n) is 10.9. The van der Waals surface area contributed by atoms with Crippen molar-refractivity contribution in [2.24, 2.45) is 10.8 Å². The first-order chi connectivity index (χ1) is 24.9. The Hall–Kier alpha value is -3.91. The maximum atomic E-state index is 11.8. The Bertz CT molecular complexity index is 2030. The molecule has 14 heteroatoms. The molecule has 8 rings (SSSR count). The van der Waals surface area contributed by atoms with Crippen LogP contribution in [0.1, 0.15) is 24.2 Å². The predicted octanol–water partition coefficient (Wildman–Crippen LogP) is 4.14. The molecule has 3 N–H and O–H groups in total. The van der Waals surface area contributed by atoms with Crippen molar-refractivity contribution in [3.63, 3.8) is 0 Å². The molecule has 6 heterocycles. The van der Waals surface area contributed by atoms with Crippen molar-refractivity contribution in [1.29, 1.82) is 0 Å². The molecule has 4 aliphatic rings. The number of nitrogens with one attached hydrogen (secondary N) is 2. The van der Waals surface area contributed by atoms with Crippen molar-refractivity contribution in [2.45, 2.75) is 32.2 Å². The van der Waals surface area contributed by atoms with Crippen LogP contribution in [0.25, 0.3) is 33.6 Å². The van der Waals surface area contributed by atoms with Crippen LogP contribution in [0.3, 0.4) is 0 Å². The molecule has 2 aromatic carbocycles. The highest BCUT2D eigenvalue weighted by Crippen LogP contribution is 2.43. The Morgan fingerprint density at radius 1 is 0.769 bits per heavy atom. The summed E-state index contributed by atoms with van der Waals surface area (Å²) in [5.74, 6) is 1.72. The second-order valence-corrected chi connectivity index (χ2v) is 16.3. The second kappa shape index (κ2) is 13.5. The van der Waals surface area contributed by atoms with Gasteiger partial charge in [0, 0.05) is 120 Å². The van der Waals surface area contributed by atoms with E-state index in [9.17, 15) is 9.90 Å². The lowest BCUT2D eigenvalue weighted by molar-refractivity contribution is -0.120. The van der Waals surface area contributed by atoms with E-state index in [0.29, 0.717) is 40.9 Å². The van der Waals surface area contributed by atoms with Crippen molar-refractivity contribution < 1.29 is 9.90 Å². The summed E-state index contributed by atoms with van der Waals surface area (Å²) in [5, 5.41) is 17.2. The van der Waals surface area contributed by atoms with Gasteiger partial charge < -0.3 is 20.2 Å². The Morgan fingerprint density at radius 3 is 1.67 bits per heavy atom. The topological polar surface area (TPSA) is 126 Å². The van der Waals surface area contributed by atoms with Gasteiger partial charge in [0.15, 0.2) is 11.6 Å². The van der Waals surface area contributed by atoms with Crippen molar-refractivity contribution in [3.8, 4) is 33.6 Å². The van der Waals surface area contributed by atoms with Gasteiger partial charge >= 0.3 is 0 Å². The largest absolute Gasteiger partial charge is 0.379 e. The zero-order valence-corrected chi connectivity index (χ0v) is 31.5. The molecule has 12 nitrogen and oxygen atoms in total. The lowest BCUT2D eigenvalue weighted by Gasteiger charge is -2.47. The molecule has 1 amide bonds. The SMILES string of the molecule is CN(C)c1nc(-c2cccc(-c3cccc(-c4cnc(CN5CC6(CNC(O)C6)C5)c(N(C)C)n4)c3Cl)c2Cl)cnc1CN1CC2(CNC(=O)C2)C1. The summed E-state index contributed by atoms with van der Waals surface area (Å²) >= 11 is 14.4. The molecule has 0 radical (unpaired) electrons. The molecule has 2 spiro atoms. The second-order valence-electron chi connectivity index (χ2n) is 15.5. The summed E-state index contributed by atoms with van der Waals surface area (Å²) in [6.07, 6.45) is 4.56. The van der Waals surface area contributed by atoms with E-state index in [4.69, 9.17) is 43.1 Å². The normalized spacial score (nSPS) is 20.6. The van der Waals surface area contributed by atoms with E-state index in [2.05, 4.69) is 20.4 Å². The number of nitrogens with zero attached hydrogens (tertiary/aromatic N) is 8. The zero-order chi connectivity index (χ0) is 36.4. The molecule has 1 atom stereocenters. The summed E-state index contributed by atoms with van der Waals surface area (Å²) < 4.78 is 0. The summed E-state index contributed by atoms with van der Waals surface area (Å²) in [6, 6.07) is 11.8. The van der Waals surface area contributed by atoms with Crippen LogP contribution in [0.15, 0.2) is 48.8 Å². The molecule has 4 aromatic rings. The Morgan fingerprint density at radius 2 is 1.25 bits per heavy atom. The van der Waals surface area contributed by atoms with Gasteiger partial charge in [-0.15, -0.1) is 0 Å². The Balaban J connectivity index is 1.04. The van der Waals surface area contributed by atoms with Gasteiger partial charge in [0.1, 0.15) is 6.23 Å². The quantitative estimate of drug-likeness (QED) is 0.229. The van der Waals surface area contributed by atoms with Crippen LogP contribution in [0.2, 0.25) is 10.0 Å². The third kappa shape index (κ3) is 6.50. The number of likely N-dealkylation sites (tertiary alicyclic amines) is 2. The summed E-state index contributed by atoms with van der Waals surface area (Å²) in [6.45, 7) is 6.52. The van der Waals surface area contributed by atoms with Crippen molar-refractivity contribution in [1.82, 2.24) is 40.4 Å². The molecular weight excluding hydrogens is 699 g/mol. The minimum absolute atomic E-state index is 0.0529. The average molecular weight is 744 g/mol. The van der Waals surface area contributed by atoms with Gasteiger partial charge in [0.05, 0.1) is 45.2 Å². The molecule has 272 valence electrons. The highest BCUT2D eigenvalue weighted by molar-refractivity contribution is 6.39. The molecule has 0 saturated carbocycles. The predicted molar refractivity (Wildman–Crippen MR) is 204 cm³/mol. The van der Waals surface area contributed by atoms with E-state index in [1.54, 1.807) is 12.4 Å². The minimum Gasteiger partial charge on any atom is -0.379 e. The number of carbonyl (C=O) groups is 1. The first-order valence-electron chi connectivity index (χ1n) is 17.7. The van der Waals surface area contributed by atoms with E-state index in [1.807, 2.05) is 74.4 Å². The number of carbonyl (C=O) groups excluding carboxylic acids is 1. The Kier molecular flexibility index (Phi) is 9.12. The van der Waals surface area contributed by atoms with E-state index in [-0.39, 0.29) is 16.7 Å². The summed E-state index contributed by atoms with van der Waals surface area (Å²) in [7, 11) is 7.89. The van der Waals surface area contributed by atoms with Crippen LogP contribution in [0.5, 0.6) is 0 Å². The van der Waals surface area contributed by atoms with Crippen LogP contribution in [-0.2, 0) is 17.9 Å². The zero-order valence-electron chi connectivity index (χ0n) is 30.0. The van der Waals surface area contributed by atoms with Crippen molar-refractivity contribution in [3.05, 3.63) is 70.2 Å². The number of anilines is 2. The van der Waals surface area contributed by atoms with Crippen LogP contribution in [-0.4, -0.2) is 114 Å². The number of aliphatic hydroxyl groups is 1. The Labute approximate surface area is 314 Å². The van der Waals surface area contributed by atoms with Crippen LogP contribution in [0.4, 0.5) is 11.6 Å². The number of amides is 1. The molecule has 4 aliphatic heterocycles. The van der Waals surface area contributed by atoms with Gasteiger partial charge in [-0.05, 0) is 6.42 Å². The van der Waals surface area contributed by atoms with E-state index < -0.39 is 6.23 Å². The standard InChI is InChI=1S/C38H44Cl2N10O2/c1-47(2)35-29(15-49-19-37(20-49)11-31(51)43-17-37)41-13-27(45-35)25-9-5-7-23(33(25)39)24-8-6-10-26(34(24)40)28-14-42-30(36(46-28)48(3)4)16-50-21-38(22-50)12-32(52)44-18-38/h5-10,13-14,31,43,51H,11-12,15-22H2,1-4H3,(H,44,52). The number of hydrogen-bond donors (Lipinski definition) is 3. The number of aliphatic hydroxyl groups excluding tert-OH is 1. The maximum absolute atomic E-state index is 11.8. The van der Waals surface area contributed by atoms with Crippen LogP contribution < -0.4 is 20.4 Å². The van der Waals surface area contributed by atoms with Gasteiger partial charge in [-0.25, -0.2) is 9.97 Å². The summed E-state index contributed by atoms with van der Waals surface area (Å²) in [4.78, 5) is 40.3. The maximum Gasteiger partial charge on any atom is 0.220 e. The molecule has 0 aliphatic carbocycles. The first kappa shape index (κ1) is 35.1. The monoisotopic (exact) mass is 742 g/mol. The summed E-state index contributed by atoms with van der Waals surface area (Å²) in [5.41, 5.74) is 6.42. The van der Waals surface area contributed by atoms with E-state index in [1.165, 1.54) is 0 Å². The molecule has 4 fully saturated rings. The molecule has 2 aromatic heterocycles. The number of benzene rings is 2. The van der Waals surface area contributed by atoms with Crippen LogP contribution in [0, 0.1) is 10.8 Å². The van der Waals surface area contributed by atoms with Gasteiger partial charge in [0.2, 0.25) is 5.91 Å². The number of aromatic nitrogens is 4. The fourth-order valence-corrected chi connectivity index (χ4v) is 9.09. The highest BCUT2D eigenvalue weighted by atomic mass is 35.5. The van der Waals surface area contributed by atoms with E-state index in [0.717, 1.165) is 91.0 Å². The molecule has 0 bridgehead atoms. The van der Waals surface area contributed by atoms with Crippen molar-refractivity contribution >= 4 is 40.7 Å². The van der Waals surface area contributed by atoms with Gasteiger partial charge in [-0.3, -0.25) is 29.9 Å². The minimum atomic E-state index is -0.411. The fraction of sp³-hybridized carbons (Fsp3) is 0.447. The third-order valence-corrected chi connectivity index (χ3v) is 11.7. The lowest BCUT2D eigenvalue weighted by atomic mass is 9.79. The molecule has 1 unspecified atom stereocenters. The molecular formula is C38H44Cl2N10O2. The van der Waals surface area contributed by atoms with Gasteiger partial charge in [-0.2, -0.15) is 0 Å². The average Bonchev–Trinajstić information content (AvgIpc) is 3.68. The smallest absolute Gasteiger partial charge is 0.220 e. The highest BCUT2D eigenvalue weighted by Gasteiger charge is 2.49. The van der Waals surface area contributed by atoms with Crippen LogP contribution >= 0.6 is 23.2 Å². The van der Waals surface area contributed by atoms with Crippen molar-refractivity contribution in [2.75, 3.05) is 77.3 Å². The fourth-order valence-electron chi connectivity index (χ4n) is 8.44. The molecule has 52 heavy (non-hydrogen) atoms. The molecule has 4 saturated heterocycles. The van der Waals surface area contributed by atoms with Gasteiger partial charge in [0.25, 0.3) is 0 Å². The lowest BCUT2D eigenvalue weighted by Crippen LogP contribution is -2.56. The first-order valence-corrected chi connectivity index (χ1v) is 18.4. The number of rotatable bonds is 9. The van der Waals surface area contributed by atoms with Gasteiger partial charge in [-0.1, -0.05) is 59.6 Å². The number of hydrogen-bond acceptors (Lipinski definition) is 11.